The van der Waals surface area contributed by atoms with Gasteiger partial charge in [-0.25, -0.2) is 0 Å². The Hall–Kier alpha value is -4.58. The maximum atomic E-state index is 13.2. The van der Waals surface area contributed by atoms with Gasteiger partial charge in [0.2, 0.25) is 0 Å². The number of ether oxygens (including phenoxy) is 2. The van der Waals surface area contributed by atoms with E-state index in [0.29, 0.717) is 58.1 Å². The molecule has 6 nitrogen and oxygen atoms in total. The van der Waals surface area contributed by atoms with Crippen LogP contribution in [0.3, 0.4) is 0 Å². The summed E-state index contributed by atoms with van der Waals surface area (Å²) >= 11 is 0. The first-order chi connectivity index (χ1) is 21.4. The Morgan fingerprint density at radius 3 is 1.16 bits per heavy atom. The lowest BCUT2D eigenvalue weighted by atomic mass is 10.0. The monoisotopic (exact) mass is 590 g/mol. The lowest BCUT2D eigenvalue weighted by Crippen LogP contribution is -2.06. The number of hydrogen-bond donors (Lipinski definition) is 0. The van der Waals surface area contributed by atoms with Gasteiger partial charge >= 0.3 is 0 Å². The number of rotatable bonds is 14. The Balaban J connectivity index is 1.57. The van der Waals surface area contributed by atoms with Crippen molar-refractivity contribution in [2.24, 2.45) is 0 Å². The van der Waals surface area contributed by atoms with Crippen molar-refractivity contribution < 1.29 is 28.7 Å². The molecule has 44 heavy (non-hydrogen) atoms. The molecule has 2 aliphatic carbocycles. The van der Waals surface area contributed by atoms with Gasteiger partial charge in [0.05, 0.1) is 24.4 Å². The van der Waals surface area contributed by atoms with E-state index in [-0.39, 0.29) is 34.3 Å². The molecule has 0 aromatic heterocycles. The first-order valence-electron chi connectivity index (χ1n) is 15.7. The summed E-state index contributed by atoms with van der Waals surface area (Å²) in [5, 5.41) is 0. The molecule has 0 radical (unpaired) electrons. The first-order valence-corrected chi connectivity index (χ1v) is 15.7. The van der Waals surface area contributed by atoms with Gasteiger partial charge in [-0.05, 0) is 37.1 Å². The molecule has 0 saturated carbocycles. The molecular formula is C38H38O6. The third kappa shape index (κ3) is 6.49. The van der Waals surface area contributed by atoms with Crippen LogP contribution in [0.4, 0.5) is 0 Å². The van der Waals surface area contributed by atoms with E-state index in [1.54, 1.807) is 72.8 Å². The number of benzene rings is 3. The smallest absolute Gasteiger partial charge is 0.197 e. The van der Waals surface area contributed by atoms with Crippen LogP contribution in [0.2, 0.25) is 0 Å². The lowest BCUT2D eigenvalue weighted by molar-refractivity contribution is 0.0975. The van der Waals surface area contributed by atoms with E-state index >= 15 is 0 Å². The van der Waals surface area contributed by atoms with Gasteiger partial charge in [0, 0.05) is 33.4 Å². The predicted molar refractivity (Wildman–Crippen MR) is 172 cm³/mol. The number of unbranched alkanes of at least 4 members (excludes halogenated alkanes) is 6. The summed E-state index contributed by atoms with van der Waals surface area (Å²) in [5.41, 5.74) is 2.74. The van der Waals surface area contributed by atoms with Gasteiger partial charge in [0.15, 0.2) is 23.1 Å². The van der Waals surface area contributed by atoms with E-state index in [2.05, 4.69) is 13.8 Å². The molecule has 3 aromatic rings. The Labute approximate surface area is 258 Å². The second kappa shape index (κ2) is 14.3. The molecule has 0 N–H and O–H groups in total. The highest BCUT2D eigenvalue weighted by molar-refractivity contribution is 6.42. The topological polar surface area (TPSA) is 86.7 Å². The van der Waals surface area contributed by atoms with Crippen LogP contribution in [-0.2, 0) is 0 Å². The molecule has 226 valence electrons. The van der Waals surface area contributed by atoms with Gasteiger partial charge in [-0.1, -0.05) is 101 Å². The fraction of sp³-hybridized carbons (Fsp3) is 0.316. The molecule has 0 bridgehead atoms. The summed E-state index contributed by atoms with van der Waals surface area (Å²) < 4.78 is 12.5. The summed E-state index contributed by atoms with van der Waals surface area (Å²) in [4.78, 5) is 53.0. The molecule has 5 rings (SSSR count). The van der Waals surface area contributed by atoms with Crippen molar-refractivity contribution >= 4 is 35.3 Å². The Kier molecular flexibility index (Phi) is 10.0. The second-order valence-corrected chi connectivity index (χ2v) is 11.3. The lowest BCUT2D eigenvalue weighted by Gasteiger charge is -2.16. The predicted octanol–water partition coefficient (Wildman–Crippen LogP) is 8.53. The minimum Gasteiger partial charge on any atom is -0.493 e. The number of carbonyl (C=O) groups excluding carboxylic acids is 4. The average Bonchev–Trinajstić information content (AvgIpc) is 3.42. The number of Topliss-reactive ketones (excluding diaryl/α,β-unsaturated/α-hetero) is 4. The molecule has 0 unspecified atom stereocenters. The second-order valence-electron chi connectivity index (χ2n) is 11.3. The minimum atomic E-state index is -0.326. The van der Waals surface area contributed by atoms with Gasteiger partial charge in [-0.15, -0.1) is 0 Å². The molecule has 0 atom stereocenters. The highest BCUT2D eigenvalue weighted by Crippen LogP contribution is 2.37. The van der Waals surface area contributed by atoms with E-state index in [1.165, 1.54) is 0 Å². The van der Waals surface area contributed by atoms with E-state index in [9.17, 15) is 19.2 Å². The van der Waals surface area contributed by atoms with Gasteiger partial charge in [-0.3, -0.25) is 19.2 Å². The van der Waals surface area contributed by atoms with Crippen LogP contribution >= 0.6 is 0 Å². The van der Waals surface area contributed by atoms with Crippen LogP contribution in [-0.4, -0.2) is 36.3 Å². The normalized spacial score (nSPS) is 13.8. The fourth-order valence-corrected chi connectivity index (χ4v) is 5.61. The van der Waals surface area contributed by atoms with Crippen molar-refractivity contribution in [1.82, 2.24) is 0 Å². The zero-order valence-electron chi connectivity index (χ0n) is 25.4. The molecule has 0 spiro atoms. The van der Waals surface area contributed by atoms with Crippen molar-refractivity contribution in [2.75, 3.05) is 13.2 Å². The number of hydrogen-bond acceptors (Lipinski definition) is 6. The summed E-state index contributed by atoms with van der Waals surface area (Å²) in [5.74, 6) is -0.405. The molecule has 0 heterocycles. The number of carbonyl (C=O) groups is 4. The fourth-order valence-electron chi connectivity index (χ4n) is 5.61. The third-order valence-corrected chi connectivity index (χ3v) is 8.06. The van der Waals surface area contributed by atoms with Crippen molar-refractivity contribution in [3.8, 4) is 11.5 Å². The number of allylic oxidation sites excluding steroid dienone is 2. The largest absolute Gasteiger partial charge is 0.493 e. The van der Waals surface area contributed by atoms with Crippen LogP contribution < -0.4 is 9.47 Å². The van der Waals surface area contributed by atoms with Gasteiger partial charge < -0.3 is 9.47 Å². The van der Waals surface area contributed by atoms with Crippen LogP contribution in [0, 0.1) is 0 Å². The zero-order chi connectivity index (χ0) is 31.1. The standard InChI is InChI=1S/C38H38O6/c1-3-5-7-13-19-43-33-23-26(22-32-37(41)29-17-11-12-18-30(29)38(32)42)34(44-20-14-8-6-4-2)24-25(33)21-31-35(39)27-15-9-10-16-28(27)36(31)40/h9-12,15-18,21-24H,3-8,13-14,19-20H2,1-2H3. The molecule has 6 heteroatoms. The van der Waals surface area contributed by atoms with Gasteiger partial charge in [-0.2, -0.15) is 0 Å². The number of ketones is 4. The summed E-state index contributed by atoms with van der Waals surface area (Å²) in [6.07, 6.45) is 11.2. The molecule has 0 aliphatic heterocycles. The van der Waals surface area contributed by atoms with Crippen molar-refractivity contribution in [3.05, 3.63) is 105 Å². The maximum Gasteiger partial charge on any atom is 0.197 e. The average molecular weight is 591 g/mol. The summed E-state index contributed by atoms with van der Waals surface area (Å²) in [6, 6.07) is 17.1. The van der Waals surface area contributed by atoms with Crippen molar-refractivity contribution in [3.63, 3.8) is 0 Å². The molecule has 0 amide bonds. The number of fused-ring (bicyclic) bond motifs is 2. The highest BCUT2D eigenvalue weighted by atomic mass is 16.5. The quantitative estimate of drug-likeness (QED) is 0.106. The maximum absolute atomic E-state index is 13.2. The molecule has 0 saturated heterocycles. The van der Waals surface area contributed by atoms with Gasteiger partial charge in [0.1, 0.15) is 11.5 Å². The molecule has 3 aromatic carbocycles. The Bertz CT molecular complexity index is 1460. The molecular weight excluding hydrogens is 552 g/mol. The van der Waals surface area contributed by atoms with E-state index in [4.69, 9.17) is 9.47 Å². The van der Waals surface area contributed by atoms with Gasteiger partial charge in [0.25, 0.3) is 0 Å². The summed E-state index contributed by atoms with van der Waals surface area (Å²) in [7, 11) is 0. The van der Waals surface area contributed by atoms with Crippen molar-refractivity contribution in [1.29, 1.82) is 0 Å². The van der Waals surface area contributed by atoms with E-state index in [0.717, 1.165) is 51.4 Å². The van der Waals surface area contributed by atoms with Crippen LogP contribution in [0.15, 0.2) is 71.8 Å². The first kappa shape index (κ1) is 30.9. The SMILES string of the molecule is CCCCCCOc1cc(C=C2C(=O)c3ccccc3C2=O)c(OCCCCCC)cc1C=C1C(=O)c2ccccc2C1=O. The summed E-state index contributed by atoms with van der Waals surface area (Å²) in [6.45, 7) is 5.16. The van der Waals surface area contributed by atoms with Crippen LogP contribution in [0.1, 0.15) is 118 Å². The van der Waals surface area contributed by atoms with E-state index in [1.807, 2.05) is 0 Å². The molecule has 2 aliphatic rings. The van der Waals surface area contributed by atoms with Crippen LogP contribution in [0.5, 0.6) is 11.5 Å². The Morgan fingerprint density at radius 2 is 0.841 bits per heavy atom. The minimum absolute atomic E-state index is 0.0682. The van der Waals surface area contributed by atoms with Crippen LogP contribution in [0.25, 0.3) is 12.2 Å². The molecule has 0 fully saturated rings. The Morgan fingerprint density at radius 1 is 0.500 bits per heavy atom. The third-order valence-electron chi connectivity index (χ3n) is 8.06. The van der Waals surface area contributed by atoms with E-state index < -0.39 is 0 Å². The zero-order valence-corrected chi connectivity index (χ0v) is 25.4. The van der Waals surface area contributed by atoms with Crippen molar-refractivity contribution in [2.45, 2.75) is 65.2 Å². The highest BCUT2D eigenvalue weighted by Gasteiger charge is 2.34.